The van der Waals surface area contributed by atoms with Gasteiger partial charge in [0.15, 0.2) is 0 Å². The predicted molar refractivity (Wildman–Crippen MR) is 91.6 cm³/mol. The Morgan fingerprint density at radius 1 is 1.17 bits per heavy atom. The van der Waals surface area contributed by atoms with Gasteiger partial charge in [-0.05, 0) is 25.7 Å². The molecule has 24 heavy (non-hydrogen) atoms. The van der Waals surface area contributed by atoms with Gasteiger partial charge in [0.1, 0.15) is 11.9 Å². The molecule has 2 fully saturated rings. The molecule has 130 valence electrons. The third-order valence-corrected chi connectivity index (χ3v) is 5.55. The van der Waals surface area contributed by atoms with Crippen LogP contribution in [0.5, 0.6) is 0 Å². The van der Waals surface area contributed by atoms with Gasteiger partial charge in [-0.25, -0.2) is 9.97 Å². The van der Waals surface area contributed by atoms with Gasteiger partial charge in [-0.3, -0.25) is 0 Å². The molecule has 0 spiro atoms. The molecule has 6 heteroatoms. The summed E-state index contributed by atoms with van der Waals surface area (Å²) in [6.07, 6.45) is 14.8. The van der Waals surface area contributed by atoms with Crippen LogP contribution < -0.4 is 0 Å². The molecule has 2 saturated heterocycles. The van der Waals surface area contributed by atoms with Crippen molar-refractivity contribution < 1.29 is 4.74 Å². The lowest BCUT2D eigenvalue weighted by atomic mass is 9.92. The van der Waals surface area contributed by atoms with Gasteiger partial charge >= 0.3 is 0 Å². The molecule has 2 aromatic rings. The third-order valence-electron chi connectivity index (χ3n) is 5.55. The molecule has 0 N–H and O–H groups in total. The molecule has 2 aliphatic rings. The van der Waals surface area contributed by atoms with Crippen molar-refractivity contribution in [1.82, 2.24) is 24.0 Å². The fourth-order valence-electron chi connectivity index (χ4n) is 4.18. The van der Waals surface area contributed by atoms with Crippen LogP contribution in [-0.4, -0.2) is 50.2 Å². The van der Waals surface area contributed by atoms with E-state index < -0.39 is 0 Å². The van der Waals surface area contributed by atoms with Crippen LogP contribution in [0.4, 0.5) is 0 Å². The number of rotatable bonds is 4. The summed E-state index contributed by atoms with van der Waals surface area (Å²) in [5.74, 6) is 1.62. The summed E-state index contributed by atoms with van der Waals surface area (Å²) in [6.45, 7) is 4.30. The number of hydrogen-bond acceptors (Lipinski definition) is 4. The maximum Gasteiger partial charge on any atom is 0.137 e. The highest BCUT2D eigenvalue weighted by atomic mass is 16.5. The van der Waals surface area contributed by atoms with E-state index in [4.69, 9.17) is 4.74 Å². The molecule has 0 aliphatic carbocycles. The van der Waals surface area contributed by atoms with Crippen molar-refractivity contribution in [2.24, 2.45) is 13.0 Å². The molecule has 2 aromatic heterocycles. The molecular weight excluding hydrogens is 302 g/mol. The van der Waals surface area contributed by atoms with Gasteiger partial charge in [-0.2, -0.15) is 0 Å². The smallest absolute Gasteiger partial charge is 0.137 e. The second kappa shape index (κ2) is 7.07. The van der Waals surface area contributed by atoms with E-state index >= 15 is 0 Å². The summed E-state index contributed by atoms with van der Waals surface area (Å²) in [4.78, 5) is 11.3. The molecule has 2 atom stereocenters. The highest BCUT2D eigenvalue weighted by Gasteiger charge is 2.32. The van der Waals surface area contributed by atoms with E-state index in [-0.39, 0.29) is 6.10 Å². The van der Waals surface area contributed by atoms with Gasteiger partial charge in [0, 0.05) is 70.0 Å². The number of aromatic nitrogens is 4. The molecule has 0 saturated carbocycles. The summed E-state index contributed by atoms with van der Waals surface area (Å²) in [7, 11) is 2.06. The Morgan fingerprint density at radius 2 is 2.04 bits per heavy atom. The SMILES string of the molecule is Cn1ccnc1[C@@H]1OCCC[C@H]1CN1CCC(n2ccnc2)CC1. The number of imidazole rings is 2. The number of piperidine rings is 1. The zero-order valence-electron chi connectivity index (χ0n) is 14.4. The van der Waals surface area contributed by atoms with E-state index in [0.717, 1.165) is 38.5 Å². The number of likely N-dealkylation sites (tertiary alicyclic amines) is 1. The summed E-state index contributed by atoms with van der Waals surface area (Å²) in [5, 5.41) is 0. The lowest BCUT2D eigenvalue weighted by molar-refractivity contribution is -0.0473. The van der Waals surface area contributed by atoms with Crippen molar-refractivity contribution in [3.05, 3.63) is 36.9 Å². The summed E-state index contributed by atoms with van der Waals surface area (Å²) in [6, 6.07) is 0.608. The first-order chi connectivity index (χ1) is 11.8. The third kappa shape index (κ3) is 3.26. The highest BCUT2D eigenvalue weighted by molar-refractivity contribution is 5.00. The minimum absolute atomic E-state index is 0.144. The van der Waals surface area contributed by atoms with E-state index in [1.807, 2.05) is 24.9 Å². The quantitative estimate of drug-likeness (QED) is 0.864. The van der Waals surface area contributed by atoms with Gasteiger partial charge in [-0.1, -0.05) is 0 Å². The average molecular weight is 329 g/mol. The van der Waals surface area contributed by atoms with Gasteiger partial charge in [-0.15, -0.1) is 0 Å². The zero-order chi connectivity index (χ0) is 16.4. The summed E-state index contributed by atoms with van der Waals surface area (Å²) >= 11 is 0. The topological polar surface area (TPSA) is 48.1 Å². The predicted octanol–water partition coefficient (Wildman–Crippen LogP) is 2.42. The standard InChI is InChI=1S/C18H27N5O/c1-21-10-7-20-18(21)17-15(3-2-12-24-17)13-22-8-4-16(5-9-22)23-11-6-19-14-23/h6-7,10-11,14-17H,2-5,8-9,12-13H2,1H3/t15-,17+/m0/s1. The van der Waals surface area contributed by atoms with Crippen LogP contribution in [0.1, 0.15) is 43.7 Å². The van der Waals surface area contributed by atoms with Crippen molar-refractivity contribution in [2.75, 3.05) is 26.2 Å². The molecule has 0 radical (unpaired) electrons. The first-order valence-corrected chi connectivity index (χ1v) is 9.10. The number of aryl methyl sites for hydroxylation is 1. The molecule has 0 bridgehead atoms. The fraction of sp³-hybridized carbons (Fsp3) is 0.667. The van der Waals surface area contributed by atoms with Crippen LogP contribution in [0.2, 0.25) is 0 Å². The lowest BCUT2D eigenvalue weighted by Gasteiger charge is -2.38. The van der Waals surface area contributed by atoms with Crippen molar-refractivity contribution >= 4 is 0 Å². The van der Waals surface area contributed by atoms with Crippen LogP contribution in [0.25, 0.3) is 0 Å². The monoisotopic (exact) mass is 329 g/mol. The largest absolute Gasteiger partial charge is 0.370 e. The minimum Gasteiger partial charge on any atom is -0.370 e. The first-order valence-electron chi connectivity index (χ1n) is 9.10. The Balaban J connectivity index is 1.37. The van der Waals surface area contributed by atoms with E-state index in [2.05, 4.69) is 37.2 Å². The van der Waals surface area contributed by atoms with Crippen molar-refractivity contribution in [3.63, 3.8) is 0 Å². The van der Waals surface area contributed by atoms with Gasteiger partial charge in [0.25, 0.3) is 0 Å². The van der Waals surface area contributed by atoms with E-state index in [1.54, 1.807) is 0 Å². The van der Waals surface area contributed by atoms with Crippen LogP contribution in [0, 0.1) is 5.92 Å². The number of nitrogens with zero attached hydrogens (tertiary/aromatic N) is 5. The van der Waals surface area contributed by atoms with E-state index in [0.29, 0.717) is 12.0 Å². The van der Waals surface area contributed by atoms with Gasteiger partial charge in [0.2, 0.25) is 0 Å². The van der Waals surface area contributed by atoms with Crippen molar-refractivity contribution in [1.29, 1.82) is 0 Å². The van der Waals surface area contributed by atoms with E-state index in [1.165, 1.54) is 19.3 Å². The maximum atomic E-state index is 6.11. The minimum atomic E-state index is 0.144. The molecule has 0 unspecified atom stereocenters. The molecule has 4 heterocycles. The Kier molecular flexibility index (Phi) is 4.67. The Labute approximate surface area is 143 Å². The average Bonchev–Trinajstić information content (AvgIpc) is 3.28. The lowest BCUT2D eigenvalue weighted by Crippen LogP contribution is -2.40. The summed E-state index contributed by atoms with van der Waals surface area (Å²) in [5.41, 5.74) is 0. The molecule has 0 aromatic carbocycles. The van der Waals surface area contributed by atoms with Crippen LogP contribution in [0.15, 0.2) is 31.1 Å². The zero-order valence-corrected chi connectivity index (χ0v) is 14.4. The van der Waals surface area contributed by atoms with Crippen LogP contribution >= 0.6 is 0 Å². The molecule has 4 rings (SSSR count). The molecule has 6 nitrogen and oxygen atoms in total. The van der Waals surface area contributed by atoms with Crippen LogP contribution in [0.3, 0.4) is 0 Å². The first kappa shape index (κ1) is 15.8. The van der Waals surface area contributed by atoms with Crippen molar-refractivity contribution in [3.8, 4) is 0 Å². The molecular formula is C18H27N5O. The highest BCUT2D eigenvalue weighted by Crippen LogP contribution is 2.34. The van der Waals surface area contributed by atoms with E-state index in [9.17, 15) is 0 Å². The summed E-state index contributed by atoms with van der Waals surface area (Å²) < 4.78 is 10.5. The second-order valence-electron chi connectivity index (χ2n) is 7.13. The second-order valence-corrected chi connectivity index (χ2v) is 7.13. The normalized spacial score (nSPS) is 26.7. The Morgan fingerprint density at radius 3 is 2.75 bits per heavy atom. The van der Waals surface area contributed by atoms with Crippen molar-refractivity contribution in [2.45, 2.75) is 37.8 Å². The van der Waals surface area contributed by atoms with Gasteiger partial charge < -0.3 is 18.8 Å². The molecule has 0 amide bonds. The fourth-order valence-corrected chi connectivity index (χ4v) is 4.18. The Bertz CT molecular complexity index is 630. The molecule has 2 aliphatic heterocycles. The number of hydrogen-bond donors (Lipinski definition) is 0. The maximum absolute atomic E-state index is 6.11. The van der Waals surface area contributed by atoms with Crippen LogP contribution in [-0.2, 0) is 11.8 Å². The number of ether oxygens (including phenoxy) is 1. The Hall–Kier alpha value is -1.66. The van der Waals surface area contributed by atoms with Gasteiger partial charge in [0.05, 0.1) is 6.33 Å².